The number of aliphatic hydroxyl groups is 1. The lowest BCUT2D eigenvalue weighted by Crippen LogP contribution is -2.64. The smallest absolute Gasteiger partial charge is 0.271 e. The Morgan fingerprint density at radius 2 is 1.86 bits per heavy atom. The molecule has 3 amide bonds. The van der Waals surface area contributed by atoms with Crippen LogP contribution < -0.4 is 10.6 Å². The molecule has 192 valence electrons. The van der Waals surface area contributed by atoms with Crippen LogP contribution >= 0.6 is 0 Å². The molecule has 0 unspecified atom stereocenters. The average molecular weight is 503 g/mol. The number of fused-ring (bicyclic) bond motifs is 4. The molecule has 3 atom stereocenters. The third-order valence-corrected chi connectivity index (χ3v) is 7.81. The summed E-state index contributed by atoms with van der Waals surface area (Å²) < 4.78 is 27.9. The minimum Gasteiger partial charge on any atom is -0.389 e. The van der Waals surface area contributed by atoms with E-state index < -0.39 is 53.8 Å². The van der Waals surface area contributed by atoms with Crippen LogP contribution in [0.3, 0.4) is 0 Å². The van der Waals surface area contributed by atoms with Gasteiger partial charge in [0, 0.05) is 30.0 Å². The normalized spacial score (nSPS) is 26.2. The number of aromatic nitrogens is 1. The Morgan fingerprint density at radius 3 is 2.53 bits per heavy atom. The highest BCUT2D eigenvalue weighted by Crippen LogP contribution is 2.41. The van der Waals surface area contributed by atoms with Crippen LogP contribution in [0, 0.1) is 23.5 Å². The molecule has 2 aromatic rings. The molecular weight excluding hydrogens is 474 g/mol. The van der Waals surface area contributed by atoms with Crippen LogP contribution in [0.1, 0.15) is 49.0 Å². The number of amides is 3. The molecule has 6 rings (SSSR count). The van der Waals surface area contributed by atoms with E-state index in [4.69, 9.17) is 0 Å². The molecule has 3 aliphatic heterocycles. The van der Waals surface area contributed by atoms with E-state index in [2.05, 4.69) is 15.6 Å². The molecule has 0 radical (unpaired) electrons. The fraction of sp³-hybridized carbons (Fsp3) is 0.520. The molecule has 9 nitrogen and oxygen atoms in total. The van der Waals surface area contributed by atoms with Crippen molar-refractivity contribution in [2.24, 2.45) is 11.8 Å². The van der Waals surface area contributed by atoms with E-state index >= 15 is 0 Å². The zero-order valence-electron chi connectivity index (χ0n) is 19.6. The number of ketones is 1. The maximum absolute atomic E-state index is 14.2. The van der Waals surface area contributed by atoms with Gasteiger partial charge in [0.15, 0.2) is 5.78 Å². The molecule has 3 saturated heterocycles. The first-order valence-electron chi connectivity index (χ1n) is 12.3. The summed E-state index contributed by atoms with van der Waals surface area (Å²) in [7, 11) is 0. The van der Waals surface area contributed by atoms with E-state index in [-0.39, 0.29) is 40.9 Å². The van der Waals surface area contributed by atoms with Crippen molar-refractivity contribution < 1.29 is 33.1 Å². The molecular formula is C25H28F2N4O5. The van der Waals surface area contributed by atoms with Crippen LogP contribution in [0.5, 0.6) is 0 Å². The number of benzene rings is 1. The second-order valence-electron chi connectivity index (χ2n) is 9.96. The Bertz CT molecular complexity index is 1220. The number of aliphatic hydroxyl groups excluding tert-OH is 1. The van der Waals surface area contributed by atoms with Crippen molar-refractivity contribution in [3.8, 4) is 0 Å². The highest BCUT2D eigenvalue weighted by molar-refractivity contribution is 6.01. The zero-order valence-corrected chi connectivity index (χ0v) is 19.6. The van der Waals surface area contributed by atoms with Crippen LogP contribution in [0.15, 0.2) is 18.2 Å². The van der Waals surface area contributed by atoms with Gasteiger partial charge in [-0.1, -0.05) is 0 Å². The van der Waals surface area contributed by atoms with E-state index in [9.17, 15) is 33.1 Å². The van der Waals surface area contributed by atoms with Crippen LogP contribution in [-0.2, 0) is 14.4 Å². The topological polar surface area (TPSA) is 132 Å². The van der Waals surface area contributed by atoms with Gasteiger partial charge < -0.3 is 25.6 Å². The Morgan fingerprint density at radius 1 is 1.11 bits per heavy atom. The Hall–Kier alpha value is -3.34. The van der Waals surface area contributed by atoms with Gasteiger partial charge >= 0.3 is 0 Å². The monoisotopic (exact) mass is 502 g/mol. The summed E-state index contributed by atoms with van der Waals surface area (Å²) in [5.74, 6) is -3.96. The largest absolute Gasteiger partial charge is 0.389 e. The molecule has 1 aliphatic carbocycles. The van der Waals surface area contributed by atoms with E-state index in [0.717, 1.165) is 25.0 Å². The maximum Gasteiger partial charge on any atom is 0.271 e. The molecule has 1 aromatic heterocycles. The second kappa shape index (κ2) is 9.61. The molecule has 36 heavy (non-hydrogen) atoms. The predicted molar refractivity (Wildman–Crippen MR) is 124 cm³/mol. The van der Waals surface area contributed by atoms with Gasteiger partial charge in [0.2, 0.25) is 11.8 Å². The van der Waals surface area contributed by atoms with Gasteiger partial charge in [-0.05, 0) is 56.6 Å². The maximum atomic E-state index is 14.2. The number of piperidine rings is 2. The average Bonchev–Trinajstić information content (AvgIpc) is 3.48. The van der Waals surface area contributed by atoms with Crippen molar-refractivity contribution in [2.75, 3.05) is 13.2 Å². The Balaban J connectivity index is 1.41. The number of hydrogen-bond acceptors (Lipinski definition) is 5. The zero-order chi connectivity index (χ0) is 25.6. The van der Waals surface area contributed by atoms with Crippen molar-refractivity contribution >= 4 is 34.4 Å². The third-order valence-electron chi connectivity index (χ3n) is 7.81. The summed E-state index contributed by atoms with van der Waals surface area (Å²) in [6, 6.07) is 1.04. The first kappa shape index (κ1) is 24.4. The fourth-order valence-corrected chi connectivity index (χ4v) is 5.99. The number of H-pyrrole nitrogens is 1. The van der Waals surface area contributed by atoms with Crippen molar-refractivity contribution in [1.82, 2.24) is 20.5 Å². The number of hydrogen-bond donors (Lipinski definition) is 4. The summed E-state index contributed by atoms with van der Waals surface area (Å²) in [6.45, 7) is -0.295. The van der Waals surface area contributed by atoms with E-state index in [1.54, 1.807) is 0 Å². The van der Waals surface area contributed by atoms with Crippen molar-refractivity contribution in [3.05, 3.63) is 35.5 Å². The minimum atomic E-state index is -1.06. The highest BCUT2D eigenvalue weighted by Gasteiger charge is 2.48. The van der Waals surface area contributed by atoms with E-state index in [1.165, 1.54) is 11.0 Å². The van der Waals surface area contributed by atoms with Crippen LogP contribution in [0.4, 0.5) is 8.78 Å². The molecule has 0 spiro atoms. The number of rotatable bonds is 7. The van der Waals surface area contributed by atoms with Gasteiger partial charge in [-0.25, -0.2) is 8.78 Å². The molecule has 1 aromatic carbocycles. The first-order valence-corrected chi connectivity index (χ1v) is 12.3. The molecule has 4 N–H and O–H groups in total. The minimum absolute atomic E-state index is 0.0467. The summed E-state index contributed by atoms with van der Waals surface area (Å²) in [6.07, 6.45) is 3.50. The number of carbonyl (C=O) groups is 4. The number of Topliss-reactive ketones (excluding diaryl/α,β-unsaturated/α-hetero) is 1. The Labute approximate surface area is 205 Å². The standard InChI is InChI=1S/C25H28F2N4O5/c26-14-8-17(27)16-10-20(29-18(16)9-14)25(36)31-15-3-1-12(2-4-15)22(31)24(35)30-19(21(33)11-32)7-13-5-6-28-23(13)34/h8-10,12-13,15,19,22,29,32H,1-7,11H2,(H,28,34)(H,30,35)/t12?,13-,15?,19+,22-/m1/s1. The quantitative estimate of drug-likeness (QED) is 0.455. The first-order chi connectivity index (χ1) is 17.3. The lowest BCUT2D eigenvalue weighted by molar-refractivity contribution is -0.137. The Kier molecular flexibility index (Phi) is 6.50. The van der Waals surface area contributed by atoms with Gasteiger partial charge in [-0.3, -0.25) is 19.2 Å². The highest BCUT2D eigenvalue weighted by atomic mass is 19.1. The van der Waals surface area contributed by atoms with Crippen molar-refractivity contribution in [1.29, 1.82) is 0 Å². The van der Waals surface area contributed by atoms with Gasteiger partial charge in [0.25, 0.3) is 5.91 Å². The van der Waals surface area contributed by atoms with Crippen LogP contribution in [0.2, 0.25) is 0 Å². The summed E-state index contributed by atoms with van der Waals surface area (Å²) in [5.41, 5.74) is 0.188. The van der Waals surface area contributed by atoms with E-state index in [1.807, 2.05) is 0 Å². The van der Waals surface area contributed by atoms with Gasteiger partial charge in [-0.2, -0.15) is 0 Å². The summed E-state index contributed by atoms with van der Waals surface area (Å²) in [4.78, 5) is 55.9. The van der Waals surface area contributed by atoms with Gasteiger partial charge in [0.05, 0.1) is 11.6 Å². The predicted octanol–water partition coefficient (Wildman–Crippen LogP) is 1.40. The summed E-state index contributed by atoms with van der Waals surface area (Å²) in [5, 5.41) is 14.9. The molecule has 1 saturated carbocycles. The van der Waals surface area contributed by atoms with Crippen molar-refractivity contribution in [3.63, 3.8) is 0 Å². The third kappa shape index (κ3) is 4.36. The van der Waals surface area contributed by atoms with Crippen LogP contribution in [0.25, 0.3) is 10.9 Å². The number of halogens is 2. The van der Waals surface area contributed by atoms with Gasteiger partial charge in [-0.15, -0.1) is 0 Å². The van der Waals surface area contributed by atoms with Crippen molar-refractivity contribution in [2.45, 2.75) is 56.7 Å². The number of nitrogens with one attached hydrogen (secondary N) is 3. The molecule has 4 heterocycles. The SMILES string of the molecule is O=C1NCC[C@@H]1C[C@H](NC(=O)[C@H]1C2CCC(CC2)N1C(=O)c1cc2c(F)cc(F)cc2[nH]1)C(=O)CO. The van der Waals surface area contributed by atoms with Gasteiger partial charge in [0.1, 0.15) is 30.0 Å². The second-order valence-corrected chi connectivity index (χ2v) is 9.96. The molecule has 4 aliphatic rings. The number of carbonyl (C=O) groups excluding carboxylic acids is 4. The number of nitrogens with zero attached hydrogens (tertiary/aromatic N) is 1. The molecule has 2 bridgehead atoms. The van der Waals surface area contributed by atoms with E-state index in [0.29, 0.717) is 25.8 Å². The summed E-state index contributed by atoms with van der Waals surface area (Å²) >= 11 is 0. The van der Waals surface area contributed by atoms with Crippen LogP contribution in [-0.4, -0.2) is 69.8 Å². The lowest BCUT2D eigenvalue weighted by Gasteiger charge is -2.50. The molecule has 11 heteroatoms. The molecule has 4 fully saturated rings. The number of aromatic amines is 1. The fourth-order valence-electron chi connectivity index (χ4n) is 5.99. The lowest BCUT2D eigenvalue weighted by atomic mass is 9.74.